The summed E-state index contributed by atoms with van der Waals surface area (Å²) in [5.74, 6) is 0.551. The fraction of sp³-hybridized carbons (Fsp3) is 0.393. The minimum atomic E-state index is -0.610. The van der Waals surface area contributed by atoms with Gasteiger partial charge in [0, 0.05) is 56.6 Å². The average molecular weight is 573 g/mol. The molecular weight excluding hydrogens is 543 g/mol. The molecule has 8 nitrogen and oxygen atoms in total. The number of methoxy groups -OCH3 is 2. The molecule has 0 unspecified atom stereocenters. The molecule has 2 aromatic carbocycles. The molecule has 2 aliphatic rings. The topological polar surface area (TPSA) is 75.2 Å². The van der Waals surface area contributed by atoms with Crippen LogP contribution in [0.15, 0.2) is 41.8 Å². The summed E-state index contributed by atoms with van der Waals surface area (Å²) in [4.78, 5) is 36.4. The van der Waals surface area contributed by atoms with Gasteiger partial charge in [-0.25, -0.2) is 9.37 Å². The smallest absolute Gasteiger partial charge is 0.273 e. The van der Waals surface area contributed by atoms with Crippen LogP contribution in [-0.4, -0.2) is 80.1 Å². The zero-order valence-corrected chi connectivity index (χ0v) is 23.4. The van der Waals surface area contributed by atoms with Gasteiger partial charge in [0.1, 0.15) is 23.0 Å². The van der Waals surface area contributed by atoms with Gasteiger partial charge < -0.3 is 24.2 Å². The summed E-state index contributed by atoms with van der Waals surface area (Å²) in [6.07, 6.45) is 1.39. The van der Waals surface area contributed by atoms with Crippen molar-refractivity contribution in [2.45, 2.75) is 18.8 Å². The van der Waals surface area contributed by atoms with Crippen LogP contribution in [0.5, 0.6) is 11.5 Å². The van der Waals surface area contributed by atoms with Gasteiger partial charge in [0.05, 0.1) is 35.5 Å². The lowest BCUT2D eigenvalue weighted by Gasteiger charge is -2.36. The Hall–Kier alpha value is -3.37. The van der Waals surface area contributed by atoms with Crippen molar-refractivity contribution in [1.82, 2.24) is 14.8 Å². The second kappa shape index (κ2) is 11.8. The molecule has 3 aromatic rings. The van der Waals surface area contributed by atoms with Crippen LogP contribution in [0.1, 0.15) is 44.6 Å². The maximum absolute atomic E-state index is 14.2. The first-order valence-corrected chi connectivity index (χ1v) is 14.1. The van der Waals surface area contributed by atoms with Crippen molar-refractivity contribution in [3.8, 4) is 11.5 Å². The van der Waals surface area contributed by atoms with Crippen LogP contribution in [0.25, 0.3) is 0 Å². The number of hydrogen-bond acceptors (Lipinski definition) is 7. The van der Waals surface area contributed by atoms with Gasteiger partial charge >= 0.3 is 0 Å². The van der Waals surface area contributed by atoms with Crippen LogP contribution in [0, 0.1) is 5.82 Å². The minimum absolute atomic E-state index is 0.0688. The van der Waals surface area contributed by atoms with Crippen molar-refractivity contribution in [3.05, 3.63) is 68.9 Å². The highest BCUT2D eigenvalue weighted by atomic mass is 35.5. The van der Waals surface area contributed by atoms with Gasteiger partial charge in [-0.2, -0.15) is 0 Å². The molecule has 2 saturated heterocycles. The zero-order chi connectivity index (χ0) is 27.5. The predicted octanol–water partition coefficient (Wildman–Crippen LogP) is 4.94. The Morgan fingerprint density at radius 1 is 0.974 bits per heavy atom. The van der Waals surface area contributed by atoms with E-state index in [-0.39, 0.29) is 22.4 Å². The lowest BCUT2D eigenvalue weighted by atomic mass is 9.97. The zero-order valence-electron chi connectivity index (χ0n) is 21.9. The van der Waals surface area contributed by atoms with Gasteiger partial charge in [-0.05, 0) is 37.1 Å². The summed E-state index contributed by atoms with van der Waals surface area (Å²) in [5.41, 5.74) is 1.36. The number of thiazole rings is 1. The highest BCUT2D eigenvalue weighted by Crippen LogP contribution is 2.34. The molecule has 0 N–H and O–H groups in total. The van der Waals surface area contributed by atoms with Gasteiger partial charge in [-0.15, -0.1) is 11.3 Å². The number of likely N-dealkylation sites (tertiary alicyclic amines) is 1. The van der Waals surface area contributed by atoms with Crippen molar-refractivity contribution in [2.24, 2.45) is 0 Å². The van der Waals surface area contributed by atoms with E-state index in [0.717, 1.165) is 22.2 Å². The van der Waals surface area contributed by atoms with E-state index in [1.807, 2.05) is 28.5 Å². The molecule has 0 saturated carbocycles. The molecule has 1 aromatic heterocycles. The van der Waals surface area contributed by atoms with Gasteiger partial charge in [0.15, 0.2) is 0 Å². The Kier molecular flexibility index (Phi) is 8.23. The normalized spacial score (nSPS) is 16.4. The first-order valence-electron chi connectivity index (χ1n) is 12.8. The maximum Gasteiger partial charge on any atom is 0.273 e. The van der Waals surface area contributed by atoms with Crippen molar-refractivity contribution in [3.63, 3.8) is 0 Å². The Bertz CT molecular complexity index is 1330. The first kappa shape index (κ1) is 27.2. The third-order valence-electron chi connectivity index (χ3n) is 7.34. The van der Waals surface area contributed by atoms with Crippen LogP contribution in [0.3, 0.4) is 0 Å². The Balaban J connectivity index is 1.16. The lowest BCUT2D eigenvalue weighted by molar-refractivity contribution is 0.0708. The van der Waals surface area contributed by atoms with E-state index >= 15 is 0 Å². The molecule has 2 amide bonds. The molecule has 39 heavy (non-hydrogen) atoms. The van der Waals surface area contributed by atoms with E-state index in [2.05, 4.69) is 9.88 Å². The van der Waals surface area contributed by atoms with Gasteiger partial charge in [0.25, 0.3) is 11.8 Å². The summed E-state index contributed by atoms with van der Waals surface area (Å²) in [5, 5.41) is 2.85. The van der Waals surface area contributed by atoms with Gasteiger partial charge in [0.2, 0.25) is 0 Å². The van der Waals surface area contributed by atoms with Crippen molar-refractivity contribution >= 4 is 40.4 Å². The van der Waals surface area contributed by atoms with E-state index in [4.69, 9.17) is 21.1 Å². The van der Waals surface area contributed by atoms with Crippen LogP contribution in [0.4, 0.5) is 10.1 Å². The van der Waals surface area contributed by atoms with Crippen LogP contribution in [-0.2, 0) is 0 Å². The SMILES string of the molecule is COc1ccc(N2CCN(C(=O)c3csc(C4CCN(C(=O)c5c(F)cccc5Cl)CC4)n3)CC2)c(OC)c1. The Morgan fingerprint density at radius 3 is 2.36 bits per heavy atom. The summed E-state index contributed by atoms with van der Waals surface area (Å²) in [6, 6.07) is 10.00. The number of aromatic nitrogens is 1. The van der Waals surface area contributed by atoms with E-state index in [0.29, 0.717) is 57.8 Å². The van der Waals surface area contributed by atoms with E-state index in [9.17, 15) is 14.0 Å². The summed E-state index contributed by atoms with van der Waals surface area (Å²) < 4.78 is 25.0. The highest BCUT2D eigenvalue weighted by Gasteiger charge is 2.30. The van der Waals surface area contributed by atoms with Crippen molar-refractivity contribution in [2.75, 3.05) is 58.4 Å². The highest BCUT2D eigenvalue weighted by molar-refractivity contribution is 7.09. The lowest BCUT2D eigenvalue weighted by Crippen LogP contribution is -2.49. The van der Waals surface area contributed by atoms with Crippen LogP contribution >= 0.6 is 22.9 Å². The van der Waals surface area contributed by atoms with E-state index < -0.39 is 11.7 Å². The molecule has 11 heteroatoms. The molecule has 0 radical (unpaired) electrons. The fourth-order valence-corrected chi connectivity index (χ4v) is 6.33. The number of benzene rings is 2. The monoisotopic (exact) mass is 572 g/mol. The molecule has 3 heterocycles. The standard InChI is InChI=1S/C28H30ClFN4O4S/c1-37-19-6-7-23(24(16-19)38-2)32-12-14-34(15-13-32)27(35)22-17-39-26(31-22)18-8-10-33(11-9-18)28(36)25-20(29)4-3-5-21(25)30/h3-7,16-18H,8-15H2,1-2H3. The number of carbonyl (C=O) groups is 2. The predicted molar refractivity (Wildman–Crippen MR) is 149 cm³/mol. The molecule has 2 fully saturated rings. The Labute approximate surface area is 235 Å². The molecule has 5 rings (SSSR count). The molecular formula is C28H30ClFN4O4S. The van der Waals surface area contributed by atoms with Crippen LogP contribution in [0.2, 0.25) is 5.02 Å². The number of ether oxygens (including phenoxy) is 2. The third-order valence-corrected chi connectivity index (χ3v) is 8.67. The first-order chi connectivity index (χ1) is 18.9. The Morgan fingerprint density at radius 2 is 1.69 bits per heavy atom. The van der Waals surface area contributed by atoms with Crippen LogP contribution < -0.4 is 14.4 Å². The number of anilines is 1. The molecule has 0 bridgehead atoms. The van der Waals surface area contributed by atoms with Crippen molar-refractivity contribution in [1.29, 1.82) is 0 Å². The number of halogens is 2. The summed E-state index contributed by atoms with van der Waals surface area (Å²) in [6.45, 7) is 3.50. The second-order valence-electron chi connectivity index (χ2n) is 9.55. The molecule has 2 aliphatic heterocycles. The fourth-order valence-electron chi connectivity index (χ4n) is 5.12. The molecule has 0 spiro atoms. The third kappa shape index (κ3) is 5.67. The number of piperazine rings is 1. The number of rotatable bonds is 6. The largest absolute Gasteiger partial charge is 0.497 e. The summed E-state index contributed by atoms with van der Waals surface area (Å²) >= 11 is 7.57. The second-order valence-corrected chi connectivity index (χ2v) is 10.8. The average Bonchev–Trinajstić information content (AvgIpc) is 3.47. The molecule has 0 atom stereocenters. The number of hydrogen-bond donors (Lipinski definition) is 0. The number of piperidine rings is 1. The number of amides is 2. The number of nitrogens with zero attached hydrogens (tertiary/aromatic N) is 4. The van der Waals surface area contributed by atoms with Gasteiger partial charge in [-0.3, -0.25) is 9.59 Å². The van der Waals surface area contributed by atoms with Crippen molar-refractivity contribution < 1.29 is 23.5 Å². The summed E-state index contributed by atoms with van der Waals surface area (Å²) in [7, 11) is 3.26. The minimum Gasteiger partial charge on any atom is -0.497 e. The van der Waals surface area contributed by atoms with E-state index in [1.54, 1.807) is 19.1 Å². The van der Waals surface area contributed by atoms with Gasteiger partial charge in [-0.1, -0.05) is 17.7 Å². The quantitative estimate of drug-likeness (QED) is 0.417. The number of carbonyl (C=O) groups excluding carboxylic acids is 2. The van der Waals surface area contributed by atoms with E-state index in [1.165, 1.54) is 29.5 Å². The molecule has 206 valence electrons. The molecule has 0 aliphatic carbocycles. The maximum atomic E-state index is 14.2.